The van der Waals surface area contributed by atoms with E-state index in [9.17, 15) is 0 Å². The van der Waals surface area contributed by atoms with E-state index in [4.69, 9.17) is 4.74 Å². The van der Waals surface area contributed by atoms with Gasteiger partial charge in [0.25, 0.3) is 0 Å². The van der Waals surface area contributed by atoms with Crippen LogP contribution in [0.1, 0.15) is 12.7 Å². The molecule has 1 aromatic carbocycles. The van der Waals surface area contributed by atoms with E-state index in [1.165, 1.54) is 0 Å². The zero-order chi connectivity index (χ0) is 16.5. The summed E-state index contributed by atoms with van der Waals surface area (Å²) in [4.78, 5) is 6.31. The van der Waals surface area contributed by atoms with Gasteiger partial charge in [0.15, 0.2) is 11.8 Å². The van der Waals surface area contributed by atoms with Crippen LogP contribution in [0.15, 0.2) is 41.7 Å². The van der Waals surface area contributed by atoms with E-state index in [1.54, 1.807) is 13.4 Å². The second-order valence-corrected chi connectivity index (χ2v) is 5.02. The van der Waals surface area contributed by atoms with E-state index in [-0.39, 0.29) is 24.0 Å². The third kappa shape index (κ3) is 5.99. The van der Waals surface area contributed by atoms with Gasteiger partial charge in [-0.1, -0.05) is 18.2 Å². The maximum Gasteiger partial charge on any atom is 0.193 e. The molecular formula is C16H25IN6O. The van der Waals surface area contributed by atoms with Crippen LogP contribution in [-0.2, 0) is 13.1 Å². The molecule has 132 valence electrons. The molecule has 0 saturated heterocycles. The molecule has 1 aromatic heterocycles. The molecule has 0 fully saturated rings. The van der Waals surface area contributed by atoms with E-state index in [2.05, 4.69) is 27.4 Å². The zero-order valence-corrected chi connectivity index (χ0v) is 16.7. The van der Waals surface area contributed by atoms with Gasteiger partial charge in [0, 0.05) is 20.6 Å². The second kappa shape index (κ2) is 10.8. The Labute approximate surface area is 160 Å². The Hall–Kier alpha value is -1.84. The minimum absolute atomic E-state index is 0. The van der Waals surface area contributed by atoms with E-state index < -0.39 is 0 Å². The summed E-state index contributed by atoms with van der Waals surface area (Å²) in [7, 11) is 3.75. The zero-order valence-electron chi connectivity index (χ0n) is 14.3. The number of aryl methyl sites for hydroxylation is 1. The first kappa shape index (κ1) is 20.2. The van der Waals surface area contributed by atoms with Crippen molar-refractivity contribution in [2.45, 2.75) is 20.0 Å². The van der Waals surface area contributed by atoms with Crippen LogP contribution in [0.2, 0.25) is 0 Å². The van der Waals surface area contributed by atoms with Crippen molar-refractivity contribution in [1.82, 2.24) is 25.0 Å². The van der Waals surface area contributed by atoms with Crippen LogP contribution >= 0.6 is 24.0 Å². The summed E-state index contributed by atoms with van der Waals surface area (Å²) in [6.45, 7) is 4.82. The topological polar surface area (TPSA) is 67.6 Å². The Bertz CT molecular complexity index is 616. The number of hydrogen-bond donors (Lipinski definition) is 1. The molecule has 1 heterocycles. The van der Waals surface area contributed by atoms with Gasteiger partial charge in [-0.3, -0.25) is 4.99 Å². The van der Waals surface area contributed by atoms with Gasteiger partial charge >= 0.3 is 0 Å². The standard InChI is InChI=1S/C16H24N6O.HI/c1-4-22-13-19-20-15(22)12-18-16(17-2)21(3)10-11-23-14-8-6-5-7-9-14;/h5-9,13H,4,10-12H2,1-3H3,(H,17,18);1H. The van der Waals surface area contributed by atoms with Gasteiger partial charge in [-0.15, -0.1) is 34.2 Å². The molecule has 0 aliphatic heterocycles. The lowest BCUT2D eigenvalue weighted by atomic mass is 10.3. The first-order valence-corrected chi connectivity index (χ1v) is 7.71. The molecule has 8 heteroatoms. The highest BCUT2D eigenvalue weighted by Crippen LogP contribution is 2.07. The summed E-state index contributed by atoms with van der Waals surface area (Å²) in [5.41, 5.74) is 0. The van der Waals surface area contributed by atoms with Gasteiger partial charge in [-0.25, -0.2) is 0 Å². The number of benzene rings is 1. The van der Waals surface area contributed by atoms with E-state index in [0.29, 0.717) is 13.2 Å². The average molecular weight is 444 g/mol. The lowest BCUT2D eigenvalue weighted by Crippen LogP contribution is -2.40. The van der Waals surface area contributed by atoms with Gasteiger partial charge in [0.2, 0.25) is 0 Å². The van der Waals surface area contributed by atoms with Crippen LogP contribution in [0.5, 0.6) is 5.75 Å². The van der Waals surface area contributed by atoms with Crippen molar-refractivity contribution in [2.24, 2.45) is 4.99 Å². The van der Waals surface area contributed by atoms with Crippen molar-refractivity contribution in [3.8, 4) is 5.75 Å². The van der Waals surface area contributed by atoms with Gasteiger partial charge in [-0.2, -0.15) is 0 Å². The number of nitrogens with zero attached hydrogens (tertiary/aromatic N) is 5. The Morgan fingerprint density at radius 1 is 1.33 bits per heavy atom. The quantitative estimate of drug-likeness (QED) is 0.402. The highest BCUT2D eigenvalue weighted by Gasteiger charge is 2.08. The fraction of sp³-hybridized carbons (Fsp3) is 0.438. The summed E-state index contributed by atoms with van der Waals surface area (Å²) >= 11 is 0. The van der Waals surface area contributed by atoms with Crippen molar-refractivity contribution >= 4 is 29.9 Å². The minimum atomic E-state index is 0. The molecule has 0 bridgehead atoms. The van der Waals surface area contributed by atoms with Crippen molar-refractivity contribution < 1.29 is 4.74 Å². The van der Waals surface area contributed by atoms with Gasteiger partial charge in [0.1, 0.15) is 18.7 Å². The molecule has 24 heavy (non-hydrogen) atoms. The summed E-state index contributed by atoms with van der Waals surface area (Å²) in [5, 5.41) is 11.3. The van der Waals surface area contributed by atoms with Crippen molar-refractivity contribution in [1.29, 1.82) is 0 Å². The third-order valence-corrected chi connectivity index (χ3v) is 3.45. The number of likely N-dealkylation sites (N-methyl/N-ethyl adjacent to an activating group) is 1. The maximum absolute atomic E-state index is 5.71. The molecule has 0 aliphatic rings. The molecule has 2 rings (SSSR count). The monoisotopic (exact) mass is 444 g/mol. The normalized spacial score (nSPS) is 10.9. The number of guanidine groups is 1. The Morgan fingerprint density at radius 3 is 2.75 bits per heavy atom. The number of aromatic nitrogens is 3. The van der Waals surface area contributed by atoms with Gasteiger partial charge < -0.3 is 19.5 Å². The second-order valence-electron chi connectivity index (χ2n) is 5.02. The molecule has 0 spiro atoms. The number of rotatable bonds is 7. The van der Waals surface area contributed by atoms with E-state index in [0.717, 1.165) is 30.6 Å². The third-order valence-electron chi connectivity index (χ3n) is 3.45. The van der Waals surface area contributed by atoms with Crippen LogP contribution in [0, 0.1) is 0 Å². The summed E-state index contributed by atoms with van der Waals surface area (Å²) in [6, 6.07) is 9.79. The molecular weight excluding hydrogens is 419 g/mol. The Balaban J connectivity index is 0.00000288. The molecule has 0 atom stereocenters. The molecule has 7 nitrogen and oxygen atoms in total. The highest BCUT2D eigenvalue weighted by molar-refractivity contribution is 14.0. The number of ether oxygens (including phenoxy) is 1. The number of nitrogens with one attached hydrogen (secondary N) is 1. The van der Waals surface area contributed by atoms with Crippen LogP contribution in [0.3, 0.4) is 0 Å². The molecule has 2 aromatic rings. The highest BCUT2D eigenvalue weighted by atomic mass is 127. The summed E-state index contributed by atoms with van der Waals surface area (Å²) in [5.74, 6) is 2.56. The predicted octanol–water partition coefficient (Wildman–Crippen LogP) is 2.00. The molecule has 0 radical (unpaired) electrons. The summed E-state index contributed by atoms with van der Waals surface area (Å²) in [6.07, 6.45) is 1.73. The van der Waals surface area contributed by atoms with Crippen LogP contribution < -0.4 is 10.1 Å². The fourth-order valence-corrected chi connectivity index (χ4v) is 2.15. The first-order valence-electron chi connectivity index (χ1n) is 7.71. The van der Waals surface area contributed by atoms with Crippen molar-refractivity contribution in [2.75, 3.05) is 27.2 Å². The van der Waals surface area contributed by atoms with Crippen molar-refractivity contribution in [3.63, 3.8) is 0 Å². The molecule has 1 N–H and O–H groups in total. The minimum Gasteiger partial charge on any atom is -0.492 e. The number of hydrogen-bond acceptors (Lipinski definition) is 4. The smallest absolute Gasteiger partial charge is 0.193 e. The molecule has 0 unspecified atom stereocenters. The fourth-order valence-electron chi connectivity index (χ4n) is 2.15. The van der Waals surface area contributed by atoms with Gasteiger partial charge in [-0.05, 0) is 19.1 Å². The van der Waals surface area contributed by atoms with Crippen LogP contribution in [0.25, 0.3) is 0 Å². The van der Waals surface area contributed by atoms with Crippen molar-refractivity contribution in [3.05, 3.63) is 42.5 Å². The predicted molar refractivity (Wildman–Crippen MR) is 106 cm³/mol. The average Bonchev–Trinajstić information content (AvgIpc) is 3.04. The molecule has 0 saturated carbocycles. The SMILES string of the molecule is CCn1cnnc1CNC(=NC)N(C)CCOc1ccccc1.I. The maximum atomic E-state index is 5.71. The first-order chi connectivity index (χ1) is 11.2. The summed E-state index contributed by atoms with van der Waals surface area (Å²) < 4.78 is 7.71. The van der Waals surface area contributed by atoms with Gasteiger partial charge in [0.05, 0.1) is 13.1 Å². The lowest BCUT2D eigenvalue weighted by Gasteiger charge is -2.22. The number of para-hydroxylation sites is 1. The Kier molecular flexibility index (Phi) is 9.13. The number of aliphatic imine (C=N–C) groups is 1. The lowest BCUT2D eigenvalue weighted by molar-refractivity contribution is 0.281. The molecule has 0 aliphatic carbocycles. The largest absolute Gasteiger partial charge is 0.492 e. The molecule has 0 amide bonds. The van der Waals surface area contributed by atoms with E-state index >= 15 is 0 Å². The van der Waals surface area contributed by atoms with E-state index in [1.807, 2.05) is 46.8 Å². The van der Waals surface area contributed by atoms with Crippen LogP contribution in [0.4, 0.5) is 0 Å². The van der Waals surface area contributed by atoms with Crippen LogP contribution in [-0.4, -0.2) is 52.9 Å². The number of halogens is 1. The Morgan fingerprint density at radius 2 is 2.08 bits per heavy atom.